The Labute approximate surface area is 115 Å². The third-order valence-electron chi connectivity index (χ3n) is 3.95. The molecule has 0 spiro atoms. The van der Waals surface area contributed by atoms with Crippen molar-refractivity contribution in [1.29, 1.82) is 0 Å². The van der Waals surface area contributed by atoms with Gasteiger partial charge in [-0.05, 0) is 69.3 Å². The molecule has 1 fully saturated rings. The molecular formula is C15H22ClNO. The molecule has 100 valence electrons. The van der Waals surface area contributed by atoms with Crippen molar-refractivity contribution in [2.75, 3.05) is 20.2 Å². The second-order valence-corrected chi connectivity index (χ2v) is 5.62. The van der Waals surface area contributed by atoms with Crippen LogP contribution in [0.2, 0.25) is 5.02 Å². The van der Waals surface area contributed by atoms with Crippen molar-refractivity contribution >= 4 is 11.6 Å². The van der Waals surface area contributed by atoms with Gasteiger partial charge in [-0.1, -0.05) is 11.6 Å². The van der Waals surface area contributed by atoms with Crippen LogP contribution in [0.5, 0.6) is 5.75 Å². The van der Waals surface area contributed by atoms with E-state index in [1.807, 2.05) is 6.92 Å². The van der Waals surface area contributed by atoms with Gasteiger partial charge in [0, 0.05) is 10.6 Å². The fraction of sp³-hybridized carbons (Fsp3) is 0.600. The number of methoxy groups -OCH3 is 1. The van der Waals surface area contributed by atoms with Crippen molar-refractivity contribution in [3.05, 3.63) is 27.8 Å². The molecular weight excluding hydrogens is 246 g/mol. The molecule has 2 nitrogen and oxygen atoms in total. The maximum atomic E-state index is 6.22. The first-order valence-corrected chi connectivity index (χ1v) is 7.04. The molecule has 0 aromatic heterocycles. The number of hydrogen-bond donors (Lipinski definition) is 1. The molecule has 0 bridgehead atoms. The van der Waals surface area contributed by atoms with Crippen LogP contribution in [0, 0.1) is 19.8 Å². The van der Waals surface area contributed by atoms with E-state index < -0.39 is 0 Å². The molecule has 0 atom stereocenters. The summed E-state index contributed by atoms with van der Waals surface area (Å²) in [5.74, 6) is 1.75. The number of rotatable bonds is 3. The number of aryl methyl sites for hydroxylation is 1. The molecule has 1 N–H and O–H groups in total. The molecule has 1 aromatic carbocycles. The zero-order chi connectivity index (χ0) is 13.1. The zero-order valence-electron chi connectivity index (χ0n) is 11.5. The van der Waals surface area contributed by atoms with E-state index in [1.165, 1.54) is 24.0 Å². The molecule has 0 unspecified atom stereocenters. The van der Waals surface area contributed by atoms with Gasteiger partial charge in [-0.15, -0.1) is 0 Å². The first-order valence-electron chi connectivity index (χ1n) is 6.66. The van der Waals surface area contributed by atoms with Crippen LogP contribution in [0.1, 0.15) is 29.5 Å². The molecule has 1 aliphatic heterocycles. The summed E-state index contributed by atoms with van der Waals surface area (Å²) in [5.41, 5.74) is 3.65. The van der Waals surface area contributed by atoms with Crippen molar-refractivity contribution in [1.82, 2.24) is 5.32 Å². The summed E-state index contributed by atoms with van der Waals surface area (Å²) in [5, 5.41) is 4.22. The smallest absolute Gasteiger partial charge is 0.126 e. The van der Waals surface area contributed by atoms with Crippen LogP contribution < -0.4 is 10.1 Å². The summed E-state index contributed by atoms with van der Waals surface area (Å²) < 4.78 is 5.58. The van der Waals surface area contributed by atoms with Gasteiger partial charge in [0.2, 0.25) is 0 Å². The quantitative estimate of drug-likeness (QED) is 0.905. The second-order valence-electron chi connectivity index (χ2n) is 5.21. The third-order valence-corrected chi connectivity index (χ3v) is 4.34. The van der Waals surface area contributed by atoms with Crippen LogP contribution in [-0.2, 0) is 6.42 Å². The van der Waals surface area contributed by atoms with Crippen molar-refractivity contribution in [2.24, 2.45) is 5.92 Å². The van der Waals surface area contributed by atoms with Crippen LogP contribution in [0.15, 0.2) is 6.07 Å². The lowest BCUT2D eigenvalue weighted by atomic mass is 9.88. The third kappa shape index (κ3) is 2.81. The number of benzene rings is 1. The first kappa shape index (κ1) is 13.7. The summed E-state index contributed by atoms with van der Waals surface area (Å²) in [6.07, 6.45) is 3.61. The molecule has 0 radical (unpaired) electrons. The molecule has 0 aliphatic carbocycles. The number of piperidine rings is 1. The molecule has 1 saturated heterocycles. The lowest BCUT2D eigenvalue weighted by Gasteiger charge is -2.25. The Morgan fingerprint density at radius 3 is 2.61 bits per heavy atom. The Bertz CT molecular complexity index is 425. The highest BCUT2D eigenvalue weighted by Gasteiger charge is 2.19. The second kappa shape index (κ2) is 5.94. The van der Waals surface area contributed by atoms with Gasteiger partial charge in [-0.25, -0.2) is 0 Å². The number of halogens is 1. The van der Waals surface area contributed by atoms with Gasteiger partial charge in [-0.2, -0.15) is 0 Å². The van der Waals surface area contributed by atoms with Crippen molar-refractivity contribution in [3.8, 4) is 5.75 Å². The maximum absolute atomic E-state index is 6.22. The highest BCUT2D eigenvalue weighted by atomic mass is 35.5. The van der Waals surface area contributed by atoms with Crippen LogP contribution in [0.4, 0.5) is 0 Å². The van der Waals surface area contributed by atoms with Crippen molar-refractivity contribution in [2.45, 2.75) is 33.1 Å². The fourth-order valence-electron chi connectivity index (χ4n) is 2.80. The standard InChI is InChI=1S/C15H22ClNO/c1-10-8-14(16)11(2)15(18-3)13(10)9-12-4-6-17-7-5-12/h8,12,17H,4-7,9H2,1-3H3. The van der Waals surface area contributed by atoms with Crippen molar-refractivity contribution < 1.29 is 4.74 Å². The number of nitrogens with one attached hydrogen (secondary N) is 1. The Morgan fingerprint density at radius 2 is 2.00 bits per heavy atom. The van der Waals surface area contributed by atoms with E-state index >= 15 is 0 Å². The van der Waals surface area contributed by atoms with Gasteiger partial charge < -0.3 is 10.1 Å². The minimum atomic E-state index is 0.763. The summed E-state index contributed by atoms with van der Waals surface area (Å²) in [6.45, 7) is 6.44. The van der Waals surface area contributed by atoms with Crippen molar-refractivity contribution in [3.63, 3.8) is 0 Å². The molecule has 3 heteroatoms. The summed E-state index contributed by atoms with van der Waals surface area (Å²) in [4.78, 5) is 0. The Balaban J connectivity index is 2.28. The highest BCUT2D eigenvalue weighted by Crippen LogP contribution is 2.35. The Hall–Kier alpha value is -0.730. The molecule has 1 heterocycles. The summed E-state index contributed by atoms with van der Waals surface area (Å²) in [7, 11) is 1.74. The highest BCUT2D eigenvalue weighted by molar-refractivity contribution is 6.31. The van der Waals surface area contributed by atoms with Crippen LogP contribution >= 0.6 is 11.6 Å². The van der Waals surface area contributed by atoms with Crippen LogP contribution in [-0.4, -0.2) is 20.2 Å². The van der Waals surface area contributed by atoms with Gasteiger partial charge in [0.05, 0.1) is 7.11 Å². The monoisotopic (exact) mass is 267 g/mol. The zero-order valence-corrected chi connectivity index (χ0v) is 12.2. The number of ether oxygens (including phenoxy) is 1. The molecule has 18 heavy (non-hydrogen) atoms. The molecule has 1 aromatic rings. The first-order chi connectivity index (χ1) is 8.63. The van der Waals surface area contributed by atoms with Crippen LogP contribution in [0.25, 0.3) is 0 Å². The van der Waals surface area contributed by atoms with E-state index in [1.54, 1.807) is 7.11 Å². The predicted molar refractivity (Wildman–Crippen MR) is 76.8 cm³/mol. The van der Waals surface area contributed by atoms with E-state index in [2.05, 4.69) is 18.3 Å². The van der Waals surface area contributed by atoms with E-state index in [0.717, 1.165) is 41.8 Å². The number of hydrogen-bond acceptors (Lipinski definition) is 2. The topological polar surface area (TPSA) is 21.3 Å². The summed E-state index contributed by atoms with van der Waals surface area (Å²) >= 11 is 6.22. The Kier molecular flexibility index (Phi) is 4.52. The SMILES string of the molecule is COc1c(C)c(Cl)cc(C)c1CC1CCNCC1. The predicted octanol–water partition coefficient (Wildman–Crippen LogP) is 3.51. The fourth-order valence-corrected chi connectivity index (χ4v) is 3.05. The largest absolute Gasteiger partial charge is 0.496 e. The van der Waals surface area contributed by atoms with E-state index in [-0.39, 0.29) is 0 Å². The van der Waals surface area contributed by atoms with Gasteiger partial charge >= 0.3 is 0 Å². The maximum Gasteiger partial charge on any atom is 0.126 e. The minimum absolute atomic E-state index is 0.763. The van der Waals surface area contributed by atoms with E-state index in [0.29, 0.717) is 0 Å². The average Bonchev–Trinajstić information content (AvgIpc) is 2.37. The van der Waals surface area contributed by atoms with Gasteiger partial charge in [0.25, 0.3) is 0 Å². The lowest BCUT2D eigenvalue weighted by molar-refractivity contribution is 0.359. The van der Waals surface area contributed by atoms with E-state index in [9.17, 15) is 0 Å². The average molecular weight is 268 g/mol. The lowest BCUT2D eigenvalue weighted by Crippen LogP contribution is -2.28. The van der Waals surface area contributed by atoms with Gasteiger partial charge in [0.15, 0.2) is 0 Å². The summed E-state index contributed by atoms with van der Waals surface area (Å²) in [6, 6.07) is 2.07. The van der Waals surface area contributed by atoms with Crippen LogP contribution in [0.3, 0.4) is 0 Å². The van der Waals surface area contributed by atoms with Gasteiger partial charge in [0.1, 0.15) is 5.75 Å². The molecule has 0 amide bonds. The molecule has 1 aliphatic rings. The Morgan fingerprint density at radius 1 is 1.33 bits per heavy atom. The minimum Gasteiger partial charge on any atom is -0.496 e. The van der Waals surface area contributed by atoms with Gasteiger partial charge in [-0.3, -0.25) is 0 Å². The molecule has 0 saturated carbocycles. The van der Waals surface area contributed by atoms with E-state index in [4.69, 9.17) is 16.3 Å². The molecule has 2 rings (SSSR count). The normalized spacial score (nSPS) is 16.9.